The number of carbonyl (C=O) groups excluding carboxylic acids is 2. The summed E-state index contributed by atoms with van der Waals surface area (Å²) in [5.74, 6) is -1.28. The van der Waals surface area contributed by atoms with Crippen LogP contribution in [-0.2, 0) is 28.7 Å². The van der Waals surface area contributed by atoms with Crippen LogP contribution in [0.1, 0.15) is 84.9 Å². The van der Waals surface area contributed by atoms with Gasteiger partial charge in [-0.3, -0.25) is 0 Å². The van der Waals surface area contributed by atoms with E-state index in [1.54, 1.807) is 12.1 Å². The molecule has 244 valence electrons. The predicted molar refractivity (Wildman–Crippen MR) is 182 cm³/mol. The van der Waals surface area contributed by atoms with Crippen molar-refractivity contribution < 1.29 is 28.5 Å². The number of benzene rings is 3. The Morgan fingerprint density at radius 2 is 1.02 bits per heavy atom. The number of hydrogen-bond acceptors (Lipinski definition) is 7. The van der Waals surface area contributed by atoms with Gasteiger partial charge in [-0.2, -0.15) is 0 Å². The number of ether oxygens (including phenoxy) is 4. The van der Waals surface area contributed by atoms with E-state index in [4.69, 9.17) is 65.4 Å². The third kappa shape index (κ3) is 7.94. The van der Waals surface area contributed by atoms with Gasteiger partial charge in [0.1, 0.15) is 11.1 Å². The fourth-order valence-electron chi connectivity index (χ4n) is 5.42. The van der Waals surface area contributed by atoms with Crippen molar-refractivity contribution in [1.82, 2.24) is 0 Å². The summed E-state index contributed by atoms with van der Waals surface area (Å²) in [6, 6.07) is 10.2. The number of esters is 2. The van der Waals surface area contributed by atoms with E-state index in [1.807, 2.05) is 18.7 Å². The highest BCUT2D eigenvalue weighted by Crippen LogP contribution is 2.38. The van der Waals surface area contributed by atoms with Crippen molar-refractivity contribution in [2.24, 2.45) is 0 Å². The minimum absolute atomic E-state index is 0.00428. The molecule has 0 radical (unpaired) electrons. The van der Waals surface area contributed by atoms with Gasteiger partial charge in [0.15, 0.2) is 24.0 Å². The summed E-state index contributed by atoms with van der Waals surface area (Å²) in [6.07, 6.45) is 1.32. The van der Waals surface area contributed by atoms with Crippen LogP contribution in [0.25, 0.3) is 0 Å². The van der Waals surface area contributed by atoms with E-state index in [2.05, 4.69) is 32.9 Å². The maximum absolute atomic E-state index is 13.7. The van der Waals surface area contributed by atoms with Gasteiger partial charge in [0.2, 0.25) is 0 Å². The van der Waals surface area contributed by atoms with Crippen LogP contribution in [0, 0.1) is 0 Å². The van der Waals surface area contributed by atoms with Crippen molar-refractivity contribution in [3.05, 3.63) is 84.3 Å². The van der Waals surface area contributed by atoms with Crippen LogP contribution in [-0.4, -0.2) is 38.6 Å². The highest BCUT2D eigenvalue weighted by Gasteiger charge is 2.34. The summed E-state index contributed by atoms with van der Waals surface area (Å²) in [6.45, 7) is 10.1. The van der Waals surface area contributed by atoms with Crippen molar-refractivity contribution in [1.29, 1.82) is 0 Å². The molecule has 0 aliphatic carbocycles. The monoisotopic (exact) mass is 697 g/mol. The van der Waals surface area contributed by atoms with Crippen LogP contribution in [0.3, 0.4) is 0 Å². The first kappa shape index (κ1) is 36.6. The average Bonchev–Trinajstić information content (AvgIpc) is 3.04. The summed E-state index contributed by atoms with van der Waals surface area (Å²) in [5, 5.41) is 0.666. The van der Waals surface area contributed by atoms with Gasteiger partial charge in [-0.15, -0.1) is 0 Å². The zero-order valence-electron chi connectivity index (χ0n) is 26.6. The fraction of sp³-hybridized carbons (Fsp3) is 0.412. The Balaban J connectivity index is 2.19. The quantitative estimate of drug-likeness (QED) is 0.123. The fourth-order valence-corrected chi connectivity index (χ4v) is 6.34. The predicted octanol–water partition coefficient (Wildman–Crippen LogP) is 10.00. The van der Waals surface area contributed by atoms with E-state index in [1.165, 1.54) is 31.9 Å². The van der Waals surface area contributed by atoms with Crippen molar-refractivity contribution >= 4 is 64.0 Å². The molecule has 0 bridgehead atoms. The minimum Gasteiger partial charge on any atom is -0.494 e. The molecule has 0 saturated heterocycles. The van der Waals surface area contributed by atoms with Gasteiger partial charge >= 0.3 is 11.9 Å². The van der Waals surface area contributed by atoms with Gasteiger partial charge < -0.3 is 23.8 Å². The smallest absolute Gasteiger partial charge is 0.345 e. The van der Waals surface area contributed by atoms with E-state index in [0.717, 1.165) is 36.1 Å². The Morgan fingerprint density at radius 1 is 0.644 bits per heavy atom. The zero-order valence-corrected chi connectivity index (χ0v) is 29.6. The Labute approximate surface area is 285 Å². The Bertz CT molecular complexity index is 1420. The third-order valence-corrected chi connectivity index (χ3v) is 8.80. The Hall–Kier alpha value is -2.84. The standard InChI is InChI=1S/C34H39Cl4NO6/c1-8-19-17-21(18-20(9-2)22(19)10-3)39(27(11-4)44-33(40)29-23(35)13-15-25(37)31(29)42-6)28(12-5)45-34(41)30-24(36)14-16-26(38)32(30)43-7/h13-18,27-28H,8-12H2,1-7H3. The first-order chi connectivity index (χ1) is 21.5. The maximum Gasteiger partial charge on any atom is 0.345 e. The molecular formula is C34H39Cl4NO6. The van der Waals surface area contributed by atoms with Gasteiger partial charge in [0.05, 0.1) is 34.3 Å². The lowest BCUT2D eigenvalue weighted by Gasteiger charge is -2.38. The van der Waals surface area contributed by atoms with E-state index < -0.39 is 24.4 Å². The van der Waals surface area contributed by atoms with Crippen molar-refractivity contribution in [2.45, 2.75) is 79.2 Å². The molecule has 0 spiro atoms. The normalized spacial score (nSPS) is 12.3. The van der Waals surface area contributed by atoms with E-state index in [-0.39, 0.29) is 42.7 Å². The molecule has 2 atom stereocenters. The van der Waals surface area contributed by atoms with Crippen molar-refractivity contribution in [3.63, 3.8) is 0 Å². The zero-order chi connectivity index (χ0) is 33.4. The Kier molecular flexibility index (Phi) is 13.5. The lowest BCUT2D eigenvalue weighted by molar-refractivity contribution is -0.000503. The highest BCUT2D eigenvalue weighted by atomic mass is 35.5. The van der Waals surface area contributed by atoms with Crippen LogP contribution in [0.5, 0.6) is 11.5 Å². The summed E-state index contributed by atoms with van der Waals surface area (Å²) >= 11 is 25.5. The molecule has 2 unspecified atom stereocenters. The molecule has 0 heterocycles. The summed E-state index contributed by atoms with van der Waals surface area (Å²) < 4.78 is 23.1. The van der Waals surface area contributed by atoms with Crippen molar-refractivity contribution in [3.8, 4) is 11.5 Å². The Morgan fingerprint density at radius 3 is 1.33 bits per heavy atom. The summed E-state index contributed by atoms with van der Waals surface area (Å²) in [7, 11) is 2.79. The number of anilines is 1. The molecule has 3 rings (SSSR count). The number of hydrogen-bond donors (Lipinski definition) is 0. The first-order valence-electron chi connectivity index (χ1n) is 14.9. The lowest BCUT2D eigenvalue weighted by atomic mass is 9.94. The average molecular weight is 699 g/mol. The SMILES string of the molecule is CCc1cc(N(C(CC)OC(=O)c2c(Cl)ccc(Cl)c2OC)C(CC)OC(=O)c2c(Cl)ccc(Cl)c2OC)cc(CC)c1CC. The number of rotatable bonds is 14. The van der Waals surface area contributed by atoms with E-state index in [0.29, 0.717) is 12.8 Å². The summed E-state index contributed by atoms with van der Waals surface area (Å²) in [4.78, 5) is 29.3. The van der Waals surface area contributed by atoms with Gasteiger partial charge in [-0.1, -0.05) is 81.0 Å². The van der Waals surface area contributed by atoms with Crippen LogP contribution in [0.15, 0.2) is 36.4 Å². The number of halogens is 4. The molecule has 3 aromatic rings. The van der Waals surface area contributed by atoms with E-state index >= 15 is 0 Å². The van der Waals surface area contributed by atoms with Crippen LogP contribution >= 0.6 is 46.4 Å². The molecule has 0 saturated carbocycles. The van der Waals surface area contributed by atoms with Gasteiger partial charge in [-0.05, 0) is 72.4 Å². The van der Waals surface area contributed by atoms with E-state index in [9.17, 15) is 9.59 Å². The van der Waals surface area contributed by atoms with Crippen LogP contribution in [0.2, 0.25) is 20.1 Å². The van der Waals surface area contributed by atoms with Crippen LogP contribution < -0.4 is 14.4 Å². The molecule has 0 fully saturated rings. The highest BCUT2D eigenvalue weighted by molar-refractivity contribution is 6.37. The molecule has 3 aromatic carbocycles. The minimum atomic E-state index is -0.895. The molecule has 0 aromatic heterocycles. The number of methoxy groups -OCH3 is 2. The molecule has 0 amide bonds. The third-order valence-electron chi connectivity index (χ3n) is 7.57. The van der Waals surface area contributed by atoms with Gasteiger partial charge in [0.25, 0.3) is 0 Å². The second-order valence-electron chi connectivity index (χ2n) is 10.1. The number of carbonyl (C=O) groups is 2. The topological polar surface area (TPSA) is 74.3 Å². The van der Waals surface area contributed by atoms with Crippen molar-refractivity contribution in [2.75, 3.05) is 19.1 Å². The number of nitrogens with zero attached hydrogens (tertiary/aromatic N) is 1. The maximum atomic E-state index is 13.7. The van der Waals surface area contributed by atoms with Gasteiger partial charge in [-0.25, -0.2) is 9.59 Å². The molecule has 11 heteroatoms. The molecule has 45 heavy (non-hydrogen) atoms. The largest absolute Gasteiger partial charge is 0.494 e. The second-order valence-corrected chi connectivity index (χ2v) is 11.8. The molecule has 0 aliphatic heterocycles. The second kappa shape index (κ2) is 16.6. The molecule has 7 nitrogen and oxygen atoms in total. The number of aryl methyl sites for hydroxylation is 2. The molecule has 0 N–H and O–H groups in total. The van der Waals surface area contributed by atoms with Crippen LogP contribution in [0.4, 0.5) is 5.69 Å². The summed E-state index contributed by atoms with van der Waals surface area (Å²) in [5.41, 5.74) is 4.29. The molecule has 0 aliphatic rings. The first-order valence-corrected chi connectivity index (χ1v) is 16.4. The molecular weight excluding hydrogens is 660 g/mol. The van der Waals surface area contributed by atoms with Gasteiger partial charge in [0, 0.05) is 18.5 Å². The lowest BCUT2D eigenvalue weighted by Crippen LogP contribution is -2.47.